The lowest BCUT2D eigenvalue weighted by atomic mass is 10.1. The maximum atomic E-state index is 13.0. The molecule has 0 aromatic heterocycles. The van der Waals surface area contributed by atoms with E-state index in [-0.39, 0.29) is 36.6 Å². The molecule has 0 aliphatic carbocycles. The van der Waals surface area contributed by atoms with Crippen LogP contribution in [0.3, 0.4) is 0 Å². The molecule has 1 aliphatic heterocycles. The van der Waals surface area contributed by atoms with E-state index in [4.69, 9.17) is 5.73 Å². The number of rotatable bonds is 3. The third-order valence-electron chi connectivity index (χ3n) is 3.20. The Labute approximate surface area is 122 Å². The Balaban J connectivity index is 0.00000200. The Hall–Kier alpha value is -1.24. The summed E-state index contributed by atoms with van der Waals surface area (Å²) in [6, 6.07) is 3.51. The molecule has 3 N–H and O–H groups in total. The van der Waals surface area contributed by atoms with Crippen LogP contribution in [0.15, 0.2) is 18.2 Å². The van der Waals surface area contributed by atoms with Crippen molar-refractivity contribution in [2.24, 2.45) is 5.73 Å². The van der Waals surface area contributed by atoms with Crippen LogP contribution in [0.1, 0.15) is 12.8 Å². The normalized spacial score (nSPS) is 16.6. The molecule has 0 spiro atoms. The summed E-state index contributed by atoms with van der Waals surface area (Å²) >= 11 is 0. The molecular formula is C13H18ClF2N3O. The second-order valence-electron chi connectivity index (χ2n) is 4.79. The fourth-order valence-corrected chi connectivity index (χ4v) is 2.09. The Morgan fingerprint density at radius 3 is 2.55 bits per heavy atom. The van der Waals surface area contributed by atoms with Crippen LogP contribution in [0.2, 0.25) is 0 Å². The number of nitrogens with two attached hydrogens (primary N) is 1. The van der Waals surface area contributed by atoms with Crippen molar-refractivity contribution >= 4 is 24.0 Å². The lowest BCUT2D eigenvalue weighted by Gasteiger charge is -2.29. The number of nitrogens with one attached hydrogen (secondary N) is 1. The SMILES string of the molecule is Cl.NC1CCN(CC(=O)Nc2ccc(F)c(F)c2)CC1. The van der Waals surface area contributed by atoms with Crippen LogP contribution < -0.4 is 11.1 Å². The molecule has 1 fully saturated rings. The summed E-state index contributed by atoms with van der Waals surface area (Å²) in [7, 11) is 0. The number of nitrogens with zero attached hydrogens (tertiary/aromatic N) is 1. The van der Waals surface area contributed by atoms with Gasteiger partial charge in [-0.25, -0.2) is 8.78 Å². The fourth-order valence-electron chi connectivity index (χ4n) is 2.09. The van der Waals surface area contributed by atoms with Crippen molar-refractivity contribution < 1.29 is 13.6 Å². The average Bonchev–Trinajstić information content (AvgIpc) is 2.37. The topological polar surface area (TPSA) is 58.4 Å². The summed E-state index contributed by atoms with van der Waals surface area (Å²) in [6.45, 7) is 1.81. The van der Waals surface area contributed by atoms with Crippen molar-refractivity contribution in [3.05, 3.63) is 29.8 Å². The number of carbonyl (C=O) groups is 1. The summed E-state index contributed by atoms with van der Waals surface area (Å²) in [4.78, 5) is 13.8. The highest BCUT2D eigenvalue weighted by atomic mass is 35.5. The van der Waals surface area contributed by atoms with Gasteiger partial charge in [0, 0.05) is 30.9 Å². The molecule has 112 valence electrons. The van der Waals surface area contributed by atoms with Gasteiger partial charge in [-0.2, -0.15) is 0 Å². The molecule has 1 aromatic rings. The van der Waals surface area contributed by atoms with Gasteiger partial charge in [-0.05, 0) is 25.0 Å². The quantitative estimate of drug-likeness (QED) is 0.894. The molecule has 20 heavy (non-hydrogen) atoms. The summed E-state index contributed by atoms with van der Waals surface area (Å²) in [6.07, 6.45) is 1.75. The molecule has 0 atom stereocenters. The predicted molar refractivity (Wildman–Crippen MR) is 75.9 cm³/mol. The molecule has 0 radical (unpaired) electrons. The van der Waals surface area contributed by atoms with E-state index in [0.29, 0.717) is 0 Å². The Bertz CT molecular complexity index is 465. The van der Waals surface area contributed by atoms with Gasteiger partial charge in [0.1, 0.15) is 0 Å². The summed E-state index contributed by atoms with van der Waals surface area (Å²) in [5, 5.41) is 2.55. The molecule has 4 nitrogen and oxygen atoms in total. The Kier molecular flexibility index (Phi) is 6.32. The molecule has 0 saturated carbocycles. The van der Waals surface area contributed by atoms with E-state index < -0.39 is 11.6 Å². The molecule has 0 bridgehead atoms. The van der Waals surface area contributed by atoms with Gasteiger partial charge in [0.2, 0.25) is 5.91 Å². The molecule has 1 saturated heterocycles. The van der Waals surface area contributed by atoms with E-state index in [2.05, 4.69) is 5.32 Å². The third-order valence-corrected chi connectivity index (χ3v) is 3.20. The first-order chi connectivity index (χ1) is 9.04. The van der Waals surface area contributed by atoms with Gasteiger partial charge in [-0.15, -0.1) is 12.4 Å². The molecular weight excluding hydrogens is 288 g/mol. The van der Waals surface area contributed by atoms with E-state index in [1.165, 1.54) is 6.07 Å². The van der Waals surface area contributed by atoms with E-state index in [1.54, 1.807) is 0 Å². The van der Waals surface area contributed by atoms with E-state index >= 15 is 0 Å². The minimum absolute atomic E-state index is 0. The number of amides is 1. The van der Waals surface area contributed by atoms with Gasteiger partial charge in [0.15, 0.2) is 11.6 Å². The molecule has 7 heteroatoms. The van der Waals surface area contributed by atoms with Crippen LogP contribution in [0.25, 0.3) is 0 Å². The van der Waals surface area contributed by atoms with Gasteiger partial charge < -0.3 is 11.1 Å². The predicted octanol–water partition coefficient (Wildman–Crippen LogP) is 1.75. The number of benzene rings is 1. The molecule has 1 heterocycles. The van der Waals surface area contributed by atoms with E-state index in [0.717, 1.165) is 38.1 Å². The smallest absolute Gasteiger partial charge is 0.238 e. The van der Waals surface area contributed by atoms with Crippen molar-refractivity contribution in [1.82, 2.24) is 4.90 Å². The summed E-state index contributed by atoms with van der Waals surface area (Å²) in [5.41, 5.74) is 6.04. The first-order valence-electron chi connectivity index (χ1n) is 6.27. The standard InChI is InChI=1S/C13H17F2N3O.ClH/c14-11-2-1-10(7-12(11)15)17-13(19)8-18-5-3-9(16)4-6-18;/h1-2,7,9H,3-6,8,16H2,(H,17,19);1H. The minimum atomic E-state index is -0.971. The first kappa shape index (κ1) is 16.8. The minimum Gasteiger partial charge on any atom is -0.328 e. The van der Waals surface area contributed by atoms with Crippen LogP contribution >= 0.6 is 12.4 Å². The highest BCUT2D eigenvalue weighted by Crippen LogP contribution is 2.13. The number of hydrogen-bond donors (Lipinski definition) is 2. The second kappa shape index (κ2) is 7.52. The first-order valence-corrected chi connectivity index (χ1v) is 6.27. The molecule has 2 rings (SSSR count). The maximum Gasteiger partial charge on any atom is 0.238 e. The van der Waals surface area contributed by atoms with Gasteiger partial charge in [0.25, 0.3) is 0 Å². The number of likely N-dealkylation sites (tertiary alicyclic amines) is 1. The van der Waals surface area contributed by atoms with E-state index in [1.807, 2.05) is 4.90 Å². The van der Waals surface area contributed by atoms with Crippen LogP contribution in [-0.2, 0) is 4.79 Å². The lowest BCUT2D eigenvalue weighted by Crippen LogP contribution is -2.43. The summed E-state index contributed by atoms with van der Waals surface area (Å²) in [5.74, 6) is -2.13. The van der Waals surface area contributed by atoms with Crippen molar-refractivity contribution in [2.75, 3.05) is 25.0 Å². The van der Waals surface area contributed by atoms with Crippen molar-refractivity contribution in [3.8, 4) is 0 Å². The Morgan fingerprint density at radius 2 is 1.95 bits per heavy atom. The zero-order valence-electron chi connectivity index (χ0n) is 10.9. The van der Waals surface area contributed by atoms with Crippen molar-refractivity contribution in [1.29, 1.82) is 0 Å². The molecule has 1 aromatic carbocycles. The van der Waals surface area contributed by atoms with Crippen LogP contribution in [-0.4, -0.2) is 36.5 Å². The average molecular weight is 306 g/mol. The van der Waals surface area contributed by atoms with Crippen molar-refractivity contribution in [2.45, 2.75) is 18.9 Å². The fraction of sp³-hybridized carbons (Fsp3) is 0.462. The van der Waals surface area contributed by atoms with Crippen LogP contribution in [0, 0.1) is 11.6 Å². The third kappa shape index (κ3) is 4.70. The maximum absolute atomic E-state index is 13.0. The van der Waals surface area contributed by atoms with E-state index in [9.17, 15) is 13.6 Å². The largest absolute Gasteiger partial charge is 0.328 e. The zero-order chi connectivity index (χ0) is 13.8. The zero-order valence-corrected chi connectivity index (χ0v) is 11.8. The molecule has 1 amide bonds. The number of halogens is 3. The van der Waals surface area contributed by atoms with Gasteiger partial charge in [-0.3, -0.25) is 9.69 Å². The molecule has 1 aliphatic rings. The van der Waals surface area contributed by atoms with Gasteiger partial charge in [0.05, 0.1) is 6.54 Å². The lowest BCUT2D eigenvalue weighted by molar-refractivity contribution is -0.117. The number of carbonyl (C=O) groups excluding carboxylic acids is 1. The number of anilines is 1. The van der Waals surface area contributed by atoms with Gasteiger partial charge in [-0.1, -0.05) is 0 Å². The van der Waals surface area contributed by atoms with Crippen LogP contribution in [0.4, 0.5) is 14.5 Å². The Morgan fingerprint density at radius 1 is 1.30 bits per heavy atom. The number of piperidine rings is 1. The highest BCUT2D eigenvalue weighted by Gasteiger charge is 2.18. The second-order valence-corrected chi connectivity index (χ2v) is 4.79. The monoisotopic (exact) mass is 305 g/mol. The number of hydrogen-bond acceptors (Lipinski definition) is 3. The summed E-state index contributed by atoms with van der Waals surface area (Å²) < 4.78 is 25.7. The van der Waals surface area contributed by atoms with Gasteiger partial charge >= 0.3 is 0 Å². The highest BCUT2D eigenvalue weighted by molar-refractivity contribution is 5.92. The van der Waals surface area contributed by atoms with Crippen molar-refractivity contribution in [3.63, 3.8) is 0 Å². The molecule has 0 unspecified atom stereocenters. The van der Waals surface area contributed by atoms with Crippen LogP contribution in [0.5, 0.6) is 0 Å².